The van der Waals surface area contributed by atoms with Crippen molar-refractivity contribution in [1.29, 1.82) is 0 Å². The molecule has 106 valence electrons. The summed E-state index contributed by atoms with van der Waals surface area (Å²) in [6.45, 7) is 3.22. The summed E-state index contributed by atoms with van der Waals surface area (Å²) in [5, 5.41) is 0. The Morgan fingerprint density at radius 2 is 2.00 bits per heavy atom. The third-order valence-electron chi connectivity index (χ3n) is 2.72. The highest BCUT2D eigenvalue weighted by molar-refractivity contribution is 5.88. The van der Waals surface area contributed by atoms with Crippen LogP contribution in [0.2, 0.25) is 0 Å². The van der Waals surface area contributed by atoms with Crippen LogP contribution < -0.4 is 4.74 Å². The molecule has 0 spiro atoms. The summed E-state index contributed by atoms with van der Waals surface area (Å²) >= 11 is 0. The van der Waals surface area contributed by atoms with Crippen LogP contribution in [0, 0.1) is 13.8 Å². The Balaban J connectivity index is 3.05. The van der Waals surface area contributed by atoms with E-state index in [9.17, 15) is 22.4 Å². The Bertz CT molecular complexity index is 489. The van der Waals surface area contributed by atoms with Gasteiger partial charge in [0.15, 0.2) is 0 Å². The van der Waals surface area contributed by atoms with Gasteiger partial charge in [0.25, 0.3) is 0 Å². The molecule has 0 unspecified atom stereocenters. The number of hydrogen-bond donors (Lipinski definition) is 0. The second kappa shape index (κ2) is 5.54. The molecule has 0 saturated carbocycles. The molecule has 0 aliphatic heterocycles. The lowest BCUT2D eigenvalue weighted by Gasteiger charge is -2.15. The highest BCUT2D eigenvalue weighted by Gasteiger charge is 2.48. The van der Waals surface area contributed by atoms with E-state index in [1.807, 2.05) is 0 Å². The van der Waals surface area contributed by atoms with E-state index in [0.717, 1.165) is 0 Å². The molecule has 0 fully saturated rings. The van der Waals surface area contributed by atoms with E-state index >= 15 is 0 Å². The first-order chi connectivity index (χ1) is 8.71. The molecule has 0 aliphatic carbocycles. The molecule has 7 heteroatoms. The number of ketones is 1. The molecule has 0 saturated heterocycles. The number of ether oxygens (including phenoxy) is 1. The fourth-order valence-electron chi connectivity index (χ4n) is 1.64. The lowest BCUT2D eigenvalue weighted by Crippen LogP contribution is -2.37. The molecule has 0 aliphatic rings. The van der Waals surface area contributed by atoms with Gasteiger partial charge in [-0.25, -0.2) is 8.78 Å². The molecule has 1 aromatic heterocycles. The van der Waals surface area contributed by atoms with Gasteiger partial charge in [-0.2, -0.15) is 8.78 Å². The van der Waals surface area contributed by atoms with E-state index in [4.69, 9.17) is 4.74 Å². The normalized spacial score (nSPS) is 11.8. The van der Waals surface area contributed by atoms with Crippen molar-refractivity contribution in [2.24, 2.45) is 0 Å². The second-order valence-corrected chi connectivity index (χ2v) is 4.07. The molecular formula is C12H13F4NO2. The summed E-state index contributed by atoms with van der Waals surface area (Å²) in [6, 6.07) is 0. The van der Waals surface area contributed by atoms with Crippen LogP contribution in [0.3, 0.4) is 0 Å². The fourth-order valence-corrected chi connectivity index (χ4v) is 1.64. The number of carbonyl (C=O) groups excluding carboxylic acids is 1. The molecule has 0 bridgehead atoms. The van der Waals surface area contributed by atoms with E-state index in [2.05, 4.69) is 4.98 Å². The standard InChI is InChI=1S/C12H13F4NO2/c1-6-5-17-8(7(2)10(6)19-3)4-9(18)12(15,16)11(13)14/h5,11H,4H2,1-3H3. The molecule has 0 N–H and O–H groups in total. The van der Waals surface area contributed by atoms with Crippen molar-refractivity contribution < 1.29 is 27.1 Å². The Morgan fingerprint density at radius 3 is 2.47 bits per heavy atom. The number of alkyl halides is 4. The first-order valence-corrected chi connectivity index (χ1v) is 5.40. The summed E-state index contributed by atoms with van der Waals surface area (Å²) < 4.78 is 54.9. The number of carbonyl (C=O) groups is 1. The zero-order chi connectivity index (χ0) is 14.8. The van der Waals surface area contributed by atoms with E-state index in [-0.39, 0.29) is 5.69 Å². The SMILES string of the molecule is COc1c(C)cnc(CC(=O)C(F)(F)C(F)F)c1C. The van der Waals surface area contributed by atoms with Crippen molar-refractivity contribution in [3.05, 3.63) is 23.0 Å². The van der Waals surface area contributed by atoms with Gasteiger partial charge < -0.3 is 4.74 Å². The number of Topliss-reactive ketones (excluding diaryl/α,β-unsaturated/α-hetero) is 1. The summed E-state index contributed by atoms with van der Waals surface area (Å²) in [4.78, 5) is 15.0. The van der Waals surface area contributed by atoms with E-state index in [0.29, 0.717) is 16.9 Å². The van der Waals surface area contributed by atoms with Crippen molar-refractivity contribution >= 4 is 5.78 Å². The van der Waals surface area contributed by atoms with Crippen LogP contribution in [0.4, 0.5) is 17.6 Å². The molecular weight excluding hydrogens is 266 g/mol. The minimum atomic E-state index is -4.66. The van der Waals surface area contributed by atoms with Gasteiger partial charge in [0.05, 0.1) is 19.2 Å². The van der Waals surface area contributed by atoms with Gasteiger partial charge in [0.2, 0.25) is 5.78 Å². The van der Waals surface area contributed by atoms with Crippen LogP contribution in [0.1, 0.15) is 16.8 Å². The summed E-state index contributed by atoms with van der Waals surface area (Å²) in [5.41, 5.74) is 1.06. The minimum Gasteiger partial charge on any atom is -0.496 e. The molecule has 1 aromatic rings. The van der Waals surface area contributed by atoms with Crippen LogP contribution in [-0.2, 0) is 11.2 Å². The van der Waals surface area contributed by atoms with Gasteiger partial charge in [0.1, 0.15) is 5.75 Å². The van der Waals surface area contributed by atoms with Crippen molar-refractivity contribution in [2.75, 3.05) is 7.11 Å². The number of pyridine rings is 1. The second-order valence-electron chi connectivity index (χ2n) is 4.07. The molecule has 0 radical (unpaired) electrons. The van der Waals surface area contributed by atoms with Gasteiger partial charge in [-0.1, -0.05) is 0 Å². The number of methoxy groups -OCH3 is 1. The molecule has 1 heterocycles. The maximum absolute atomic E-state index is 12.9. The minimum absolute atomic E-state index is 0.00720. The van der Waals surface area contributed by atoms with Crippen molar-refractivity contribution in [1.82, 2.24) is 4.98 Å². The van der Waals surface area contributed by atoms with Crippen molar-refractivity contribution in [2.45, 2.75) is 32.6 Å². The van der Waals surface area contributed by atoms with Crippen molar-refractivity contribution in [3.63, 3.8) is 0 Å². The van der Waals surface area contributed by atoms with E-state index in [1.54, 1.807) is 6.92 Å². The van der Waals surface area contributed by atoms with Gasteiger partial charge in [-0.15, -0.1) is 0 Å². The third kappa shape index (κ3) is 3.02. The number of hydrogen-bond acceptors (Lipinski definition) is 3. The lowest BCUT2D eigenvalue weighted by atomic mass is 10.0. The Morgan fingerprint density at radius 1 is 1.42 bits per heavy atom. The quantitative estimate of drug-likeness (QED) is 0.778. The lowest BCUT2D eigenvalue weighted by molar-refractivity contribution is -0.166. The summed E-state index contributed by atoms with van der Waals surface area (Å²) in [7, 11) is 1.38. The molecule has 1 rings (SSSR count). The van der Waals surface area contributed by atoms with Crippen LogP contribution in [0.25, 0.3) is 0 Å². The number of rotatable bonds is 5. The fraction of sp³-hybridized carbons (Fsp3) is 0.500. The van der Waals surface area contributed by atoms with Crippen LogP contribution in [0.15, 0.2) is 6.20 Å². The third-order valence-corrected chi connectivity index (χ3v) is 2.72. The number of aromatic nitrogens is 1. The monoisotopic (exact) mass is 279 g/mol. The van der Waals surface area contributed by atoms with E-state index in [1.165, 1.54) is 20.2 Å². The Hall–Kier alpha value is -1.66. The van der Waals surface area contributed by atoms with E-state index < -0.39 is 24.6 Å². The van der Waals surface area contributed by atoms with Crippen LogP contribution in [-0.4, -0.2) is 30.2 Å². The first-order valence-electron chi connectivity index (χ1n) is 5.40. The van der Waals surface area contributed by atoms with Crippen LogP contribution >= 0.6 is 0 Å². The molecule has 0 atom stereocenters. The summed E-state index contributed by atoms with van der Waals surface area (Å²) in [5.74, 6) is -6.12. The number of halogens is 4. The van der Waals surface area contributed by atoms with Crippen LogP contribution in [0.5, 0.6) is 5.75 Å². The van der Waals surface area contributed by atoms with Gasteiger partial charge in [-0.3, -0.25) is 9.78 Å². The molecule has 3 nitrogen and oxygen atoms in total. The first kappa shape index (κ1) is 15.4. The molecule has 19 heavy (non-hydrogen) atoms. The zero-order valence-electron chi connectivity index (χ0n) is 10.6. The van der Waals surface area contributed by atoms with Gasteiger partial charge >= 0.3 is 12.3 Å². The highest BCUT2D eigenvalue weighted by atomic mass is 19.3. The maximum Gasteiger partial charge on any atom is 0.364 e. The highest BCUT2D eigenvalue weighted by Crippen LogP contribution is 2.28. The topological polar surface area (TPSA) is 39.2 Å². The van der Waals surface area contributed by atoms with Crippen molar-refractivity contribution in [3.8, 4) is 5.75 Å². The zero-order valence-corrected chi connectivity index (χ0v) is 10.6. The van der Waals surface area contributed by atoms with Gasteiger partial charge in [-0.05, 0) is 13.8 Å². The predicted molar refractivity (Wildman–Crippen MR) is 59.9 cm³/mol. The average molecular weight is 279 g/mol. The summed E-state index contributed by atoms with van der Waals surface area (Å²) in [6.07, 6.45) is -3.54. The molecule has 0 aromatic carbocycles. The van der Waals surface area contributed by atoms with Gasteiger partial charge in [0, 0.05) is 17.3 Å². The Labute approximate surface area is 107 Å². The average Bonchev–Trinajstić information content (AvgIpc) is 2.33. The maximum atomic E-state index is 12.9. The Kier molecular flexibility index (Phi) is 4.49. The molecule has 0 amide bonds. The largest absolute Gasteiger partial charge is 0.496 e. The number of aryl methyl sites for hydroxylation is 1. The predicted octanol–water partition coefficient (Wildman–Crippen LogP) is 2.72. The number of nitrogens with zero attached hydrogens (tertiary/aromatic N) is 1. The smallest absolute Gasteiger partial charge is 0.364 e.